The first-order valence-corrected chi connectivity index (χ1v) is 28.2. The normalized spacial score (nSPS) is 13.0. The molecule has 4 nitrogen and oxygen atoms in total. The lowest BCUT2D eigenvalue weighted by molar-refractivity contribution is 0.628. The fourth-order valence-electron chi connectivity index (χ4n) is 14.8. The topological polar surface area (TPSA) is 15.8 Å². The van der Waals surface area contributed by atoms with E-state index in [0.717, 1.165) is 88.9 Å². The number of benzene rings is 13. The molecule has 2 aliphatic carbocycles. The van der Waals surface area contributed by atoms with E-state index in [0.29, 0.717) is 0 Å². The zero-order valence-corrected chi connectivity index (χ0v) is 44.3. The van der Waals surface area contributed by atoms with Gasteiger partial charge in [0.2, 0.25) is 0 Å². The molecular formula is C77H47FN4. The number of hydrogen-bond acceptors (Lipinski definition) is 2. The van der Waals surface area contributed by atoms with Crippen molar-refractivity contribution in [1.82, 2.24) is 8.97 Å². The van der Waals surface area contributed by atoms with E-state index in [1.54, 1.807) is 12.1 Å². The van der Waals surface area contributed by atoms with Gasteiger partial charge in [-0.05, 0) is 151 Å². The van der Waals surface area contributed by atoms with Gasteiger partial charge >= 0.3 is 0 Å². The van der Waals surface area contributed by atoms with E-state index in [9.17, 15) is 0 Å². The zero-order valence-electron chi connectivity index (χ0n) is 44.3. The van der Waals surface area contributed by atoms with E-state index >= 15 is 4.39 Å². The van der Waals surface area contributed by atoms with Gasteiger partial charge in [0.25, 0.3) is 0 Å². The largest absolute Gasteiger partial charge is 0.316 e. The molecule has 0 amide bonds. The number of para-hydroxylation sites is 2. The fourth-order valence-corrected chi connectivity index (χ4v) is 14.8. The van der Waals surface area contributed by atoms with Crippen LogP contribution >= 0.6 is 0 Å². The quantitative estimate of drug-likeness (QED) is 0.117. The highest BCUT2D eigenvalue weighted by molar-refractivity contribution is 6.30. The highest BCUT2D eigenvalue weighted by atomic mass is 19.1. The molecule has 3 aromatic heterocycles. The van der Waals surface area contributed by atoms with Gasteiger partial charge in [-0.15, -0.1) is 0 Å². The minimum Gasteiger partial charge on any atom is -0.316 e. The number of rotatable bonds is 7. The minimum absolute atomic E-state index is 0.298. The van der Waals surface area contributed by atoms with Crippen molar-refractivity contribution >= 4 is 105 Å². The molecule has 0 N–H and O–H groups in total. The van der Waals surface area contributed by atoms with Gasteiger partial charge in [-0.3, -0.25) is 0 Å². The summed E-state index contributed by atoms with van der Waals surface area (Å²) < 4.78 is 20.7. The van der Waals surface area contributed by atoms with E-state index in [1.165, 1.54) is 66.0 Å². The van der Waals surface area contributed by atoms with Crippen molar-refractivity contribution in [3.8, 4) is 27.9 Å². The Kier molecular flexibility index (Phi) is 9.30. The molecule has 18 rings (SSSR count). The molecule has 5 heteroatoms. The van der Waals surface area contributed by atoms with Crippen molar-refractivity contribution in [2.45, 2.75) is 5.41 Å². The van der Waals surface area contributed by atoms with Gasteiger partial charge in [0.1, 0.15) is 5.82 Å². The second-order valence-corrected chi connectivity index (χ2v) is 22.1. The smallest absolute Gasteiger partial charge is 0.123 e. The summed E-state index contributed by atoms with van der Waals surface area (Å²) in [4.78, 5) is 4.94. The monoisotopic (exact) mass is 1050 g/mol. The van der Waals surface area contributed by atoms with Crippen LogP contribution in [0.1, 0.15) is 22.3 Å². The predicted octanol–water partition coefficient (Wildman–Crippen LogP) is 20.5. The van der Waals surface area contributed by atoms with Crippen LogP contribution in [-0.2, 0) is 5.41 Å². The van der Waals surface area contributed by atoms with Gasteiger partial charge in [0, 0.05) is 61.4 Å². The van der Waals surface area contributed by atoms with E-state index in [2.05, 4.69) is 280 Å². The maximum atomic E-state index is 15.9. The molecule has 0 unspecified atom stereocenters. The Morgan fingerprint density at radius 2 is 0.927 bits per heavy atom. The SMILES string of the molecule is Fc1ccc(N(c2cccc3c2-c2ccccc2C32c3ccccc3-c3ccccc32)c2c(N(c3ccc4ccccc4c3)c3ccc4ccn(-c5ccccc5)c4c3)ccc3c4ccc5cccc6c7ccccc7n(c23)c4c56)cc1. The number of anilines is 6. The molecule has 0 saturated heterocycles. The van der Waals surface area contributed by atoms with Crippen LogP contribution in [0.3, 0.4) is 0 Å². The summed E-state index contributed by atoms with van der Waals surface area (Å²) in [5, 5.41) is 10.5. The first kappa shape index (κ1) is 45.1. The summed E-state index contributed by atoms with van der Waals surface area (Å²) in [6.07, 6.45) is 2.17. The Bertz CT molecular complexity index is 5280. The Hall–Kier alpha value is -10.8. The number of fused-ring (bicyclic) bond motifs is 18. The Morgan fingerprint density at radius 3 is 1.73 bits per heavy atom. The number of nitrogens with zero attached hydrogens (tertiary/aromatic N) is 4. The molecule has 13 aromatic carbocycles. The third-order valence-electron chi connectivity index (χ3n) is 18.1. The average molecular weight is 1050 g/mol. The number of hydrogen-bond donors (Lipinski definition) is 0. The molecule has 2 aliphatic rings. The second-order valence-electron chi connectivity index (χ2n) is 22.1. The minimum atomic E-state index is -0.609. The number of halogens is 1. The average Bonchev–Trinajstić information content (AvgIpc) is 2.62. The molecule has 0 bridgehead atoms. The molecule has 1 spiro atoms. The first-order valence-electron chi connectivity index (χ1n) is 28.2. The van der Waals surface area contributed by atoms with Crippen molar-refractivity contribution in [2.75, 3.05) is 9.80 Å². The maximum absolute atomic E-state index is 15.9. The highest BCUT2D eigenvalue weighted by Crippen LogP contribution is 2.65. The lowest BCUT2D eigenvalue weighted by Gasteiger charge is -2.35. The maximum Gasteiger partial charge on any atom is 0.123 e. The summed E-state index contributed by atoms with van der Waals surface area (Å²) in [6.45, 7) is 0. The van der Waals surface area contributed by atoms with Gasteiger partial charge in [-0.1, -0.05) is 188 Å². The molecule has 16 aromatic rings. The van der Waals surface area contributed by atoms with E-state index in [4.69, 9.17) is 0 Å². The predicted molar refractivity (Wildman–Crippen MR) is 339 cm³/mol. The van der Waals surface area contributed by atoms with Crippen molar-refractivity contribution in [3.05, 3.63) is 313 Å². The Labute approximate surface area is 472 Å². The third kappa shape index (κ3) is 6.03. The standard InChI is InChI=1S/C77H47FN4/c78-52-35-39-54(40-36-52)81(69-31-15-29-67-73(69)63-24-8-12-28-66(63)77(67)64-26-10-6-21-57(64)58-22-7-11-27-65(58)77)76-70(43-42-62-61-41-34-50-18-14-25-60-59-23-9-13-30-68(59)82(75(62)76)74(61)72(50)60)80(55-37-32-48-16-4-5-17-51(48)46-55)56-38-33-49-44-45-79(71(49)47-56)53-19-2-1-3-20-53/h1-47H. The van der Waals surface area contributed by atoms with Crippen LogP contribution < -0.4 is 9.80 Å². The van der Waals surface area contributed by atoms with Crippen molar-refractivity contribution in [3.63, 3.8) is 0 Å². The lowest BCUT2D eigenvalue weighted by atomic mass is 9.70. The van der Waals surface area contributed by atoms with E-state index < -0.39 is 5.41 Å². The first-order chi connectivity index (χ1) is 40.6. The van der Waals surface area contributed by atoms with Gasteiger partial charge in [-0.25, -0.2) is 4.39 Å². The number of pyridine rings is 1. The molecule has 0 fully saturated rings. The second kappa shape index (κ2) is 16.9. The van der Waals surface area contributed by atoms with Gasteiger partial charge in [0.15, 0.2) is 0 Å². The van der Waals surface area contributed by atoms with Gasteiger partial charge in [-0.2, -0.15) is 0 Å². The summed E-state index contributed by atoms with van der Waals surface area (Å²) in [7, 11) is 0. The van der Waals surface area contributed by atoms with Crippen LogP contribution in [0.5, 0.6) is 0 Å². The molecule has 0 aliphatic heterocycles. The lowest BCUT2D eigenvalue weighted by Crippen LogP contribution is -2.26. The molecular weight excluding hydrogens is 1000 g/mol. The summed E-state index contributed by atoms with van der Waals surface area (Å²) in [6, 6.07) is 101. The van der Waals surface area contributed by atoms with Gasteiger partial charge in [0.05, 0.1) is 44.5 Å². The zero-order chi connectivity index (χ0) is 53.8. The Morgan fingerprint density at radius 1 is 0.341 bits per heavy atom. The van der Waals surface area contributed by atoms with Crippen LogP contribution in [0.25, 0.3) is 98.5 Å². The third-order valence-corrected chi connectivity index (χ3v) is 18.1. The molecule has 0 radical (unpaired) electrons. The van der Waals surface area contributed by atoms with Crippen molar-refractivity contribution in [1.29, 1.82) is 0 Å². The molecule has 382 valence electrons. The molecule has 3 heterocycles. The van der Waals surface area contributed by atoms with Crippen LogP contribution in [0.2, 0.25) is 0 Å². The van der Waals surface area contributed by atoms with Crippen LogP contribution in [0.15, 0.2) is 285 Å². The Balaban J connectivity index is 1.04. The highest BCUT2D eigenvalue weighted by Gasteiger charge is 2.52. The summed E-state index contributed by atoms with van der Waals surface area (Å²) >= 11 is 0. The fraction of sp³-hybridized carbons (Fsp3) is 0.0130. The van der Waals surface area contributed by atoms with Crippen LogP contribution in [-0.4, -0.2) is 8.97 Å². The van der Waals surface area contributed by atoms with Crippen molar-refractivity contribution < 1.29 is 4.39 Å². The van der Waals surface area contributed by atoms with Gasteiger partial charge < -0.3 is 18.8 Å². The van der Waals surface area contributed by atoms with E-state index in [-0.39, 0.29) is 5.82 Å². The molecule has 0 saturated carbocycles. The summed E-state index contributed by atoms with van der Waals surface area (Å²) in [5.74, 6) is -0.298. The molecule has 82 heavy (non-hydrogen) atoms. The molecule has 0 atom stereocenters. The van der Waals surface area contributed by atoms with Crippen molar-refractivity contribution in [2.24, 2.45) is 0 Å². The van der Waals surface area contributed by atoms with Crippen LogP contribution in [0.4, 0.5) is 38.5 Å². The number of aromatic nitrogens is 2. The summed E-state index contributed by atoms with van der Waals surface area (Å²) in [5.41, 5.74) is 20.4. The van der Waals surface area contributed by atoms with Crippen LogP contribution in [0, 0.1) is 5.82 Å². The van der Waals surface area contributed by atoms with E-state index in [1.807, 2.05) is 12.1 Å².